The van der Waals surface area contributed by atoms with Crippen molar-refractivity contribution in [2.24, 2.45) is 5.73 Å². The minimum absolute atomic E-state index is 0.0972. The van der Waals surface area contributed by atoms with Gasteiger partial charge in [-0.2, -0.15) is 0 Å². The molecular weight excluding hydrogens is 723 g/mol. The molecule has 58 heavy (non-hydrogen) atoms. The molecule has 0 radical (unpaired) electrons. The molecule has 2 amide bonds. The molecule has 0 saturated carbocycles. The minimum Gasteiger partial charge on any atom is -0.488 e. The van der Waals surface area contributed by atoms with E-state index in [2.05, 4.69) is 67.5 Å². The number of urea groups is 1. The molecule has 0 aliphatic carbocycles. The average Bonchev–Trinajstić information content (AvgIpc) is 3.52. The maximum Gasteiger partial charge on any atom is 0.323 e. The number of primary amides is 1. The van der Waals surface area contributed by atoms with E-state index in [1.54, 1.807) is 60.4 Å². The highest BCUT2D eigenvalue weighted by Crippen LogP contribution is 2.37. The van der Waals surface area contributed by atoms with Crippen molar-refractivity contribution in [1.29, 1.82) is 0 Å². The number of fused-ring (bicyclic) bond motifs is 4. The first-order chi connectivity index (χ1) is 28.1. The van der Waals surface area contributed by atoms with Crippen LogP contribution in [0.15, 0.2) is 158 Å². The van der Waals surface area contributed by atoms with E-state index in [9.17, 15) is 14.4 Å². The van der Waals surface area contributed by atoms with Gasteiger partial charge in [0.25, 0.3) is 0 Å². The normalized spacial score (nSPS) is 13.3. The molecule has 3 N–H and O–H groups in total. The van der Waals surface area contributed by atoms with E-state index in [1.807, 2.05) is 72.8 Å². The number of hydrogen-bond acceptors (Lipinski definition) is 5. The Morgan fingerprint density at radius 1 is 0.724 bits per heavy atom. The molecule has 8 heteroatoms. The van der Waals surface area contributed by atoms with Gasteiger partial charge in [-0.1, -0.05) is 146 Å². The second-order valence-electron chi connectivity index (χ2n) is 14.2. The summed E-state index contributed by atoms with van der Waals surface area (Å²) in [6.45, 7) is 3.29. The standard InChI is InChI=1S/C19H21NO.C16H14O3.C15H12N2O/c1-20(2)13-7-11-17-16-9-4-3-8-15(16)14-21-19-12-6-5-10-18(17)19;1-11(16(18)19)13-8-5-9-14(10-13)15(17)12-6-3-2-4-7-12;16-15(18)17-13-7-3-1-5-11(13)9-10-12-6-2-4-8-14(12)17/h3-6,8-12H,7,13-14H2,1-2H3;2-11H,1H3,(H,18,19);1-10H,(H2,16,18). The summed E-state index contributed by atoms with van der Waals surface area (Å²) in [5.74, 6) is -0.641. The van der Waals surface area contributed by atoms with Crippen molar-refractivity contribution in [3.63, 3.8) is 0 Å². The van der Waals surface area contributed by atoms with E-state index in [0.29, 0.717) is 23.3 Å². The van der Waals surface area contributed by atoms with Gasteiger partial charge in [-0.15, -0.1) is 0 Å². The van der Waals surface area contributed by atoms with Crippen molar-refractivity contribution in [3.05, 3.63) is 202 Å². The Morgan fingerprint density at radius 3 is 1.93 bits per heavy atom. The van der Waals surface area contributed by atoms with Crippen LogP contribution in [0, 0.1) is 0 Å². The maximum absolute atomic E-state index is 12.2. The van der Waals surface area contributed by atoms with E-state index in [1.165, 1.54) is 22.3 Å². The molecule has 0 fully saturated rings. The molecule has 0 saturated heterocycles. The van der Waals surface area contributed by atoms with Crippen LogP contribution in [-0.4, -0.2) is 48.4 Å². The maximum atomic E-state index is 12.2. The summed E-state index contributed by atoms with van der Waals surface area (Å²) in [4.78, 5) is 38.7. The van der Waals surface area contributed by atoms with Crippen molar-refractivity contribution in [3.8, 4) is 5.75 Å². The number of nitrogens with zero attached hydrogens (tertiary/aromatic N) is 2. The number of carboxylic acid groups (broad SMARTS) is 1. The lowest BCUT2D eigenvalue weighted by molar-refractivity contribution is -0.138. The number of hydrogen-bond donors (Lipinski definition) is 2. The van der Waals surface area contributed by atoms with Crippen LogP contribution in [0.25, 0.3) is 17.7 Å². The fourth-order valence-corrected chi connectivity index (χ4v) is 6.77. The molecule has 6 aromatic rings. The van der Waals surface area contributed by atoms with E-state index < -0.39 is 17.9 Å². The third-order valence-corrected chi connectivity index (χ3v) is 9.87. The molecule has 292 valence electrons. The summed E-state index contributed by atoms with van der Waals surface area (Å²) >= 11 is 0. The summed E-state index contributed by atoms with van der Waals surface area (Å²) in [6.07, 6.45) is 7.37. The largest absolute Gasteiger partial charge is 0.488 e. The van der Waals surface area contributed by atoms with Crippen molar-refractivity contribution < 1.29 is 24.2 Å². The number of nitrogens with two attached hydrogens (primary N) is 1. The Morgan fingerprint density at radius 2 is 1.29 bits per heavy atom. The van der Waals surface area contributed by atoms with Crippen molar-refractivity contribution >= 4 is 46.9 Å². The fourth-order valence-electron chi connectivity index (χ4n) is 6.77. The monoisotopic (exact) mass is 769 g/mol. The summed E-state index contributed by atoms with van der Waals surface area (Å²) < 4.78 is 5.98. The van der Waals surface area contributed by atoms with Gasteiger partial charge in [-0.25, -0.2) is 4.79 Å². The van der Waals surface area contributed by atoms with Gasteiger partial charge < -0.3 is 20.5 Å². The smallest absolute Gasteiger partial charge is 0.323 e. The van der Waals surface area contributed by atoms with Gasteiger partial charge in [0.2, 0.25) is 0 Å². The Labute approximate surface area is 340 Å². The predicted molar refractivity (Wildman–Crippen MR) is 233 cm³/mol. The summed E-state index contributed by atoms with van der Waals surface area (Å²) in [6, 6.07) is 47.5. The molecular formula is C50H47N3O5. The van der Waals surface area contributed by atoms with Gasteiger partial charge >= 0.3 is 12.0 Å². The van der Waals surface area contributed by atoms with Crippen LogP contribution >= 0.6 is 0 Å². The Bertz CT molecular complexity index is 2350. The number of amides is 2. The van der Waals surface area contributed by atoms with Crippen LogP contribution < -0.4 is 15.4 Å². The summed E-state index contributed by atoms with van der Waals surface area (Å²) in [5, 5.41) is 9.00. The van der Waals surface area contributed by atoms with Crippen molar-refractivity contribution in [1.82, 2.24) is 4.90 Å². The SMILES string of the molecule is CC(C(=O)O)c1cccc(C(=O)c2ccccc2)c1.CN(C)CCC=C1c2ccccc2COc2ccccc21.NC(=O)N1c2ccccc2C=Cc2ccccc21. The molecule has 2 aliphatic rings. The molecule has 2 aliphatic heterocycles. The van der Waals surface area contributed by atoms with Gasteiger partial charge in [0.05, 0.1) is 17.3 Å². The van der Waals surface area contributed by atoms with Crippen LogP contribution in [0.5, 0.6) is 5.75 Å². The zero-order valence-electron chi connectivity index (χ0n) is 32.9. The average molecular weight is 770 g/mol. The summed E-state index contributed by atoms with van der Waals surface area (Å²) in [5.41, 5.74) is 15.9. The first kappa shape index (κ1) is 40.6. The van der Waals surface area contributed by atoms with Crippen LogP contribution in [0.2, 0.25) is 0 Å². The van der Waals surface area contributed by atoms with E-state index in [-0.39, 0.29) is 5.78 Å². The van der Waals surface area contributed by atoms with Gasteiger partial charge in [-0.3, -0.25) is 14.5 Å². The fraction of sp³-hybridized carbons (Fsp3) is 0.140. The highest BCUT2D eigenvalue weighted by Gasteiger charge is 2.22. The van der Waals surface area contributed by atoms with Gasteiger partial charge in [0, 0.05) is 23.2 Å². The third kappa shape index (κ3) is 9.85. The molecule has 1 unspecified atom stereocenters. The molecule has 6 aromatic carbocycles. The van der Waals surface area contributed by atoms with Gasteiger partial charge in [0.1, 0.15) is 12.4 Å². The Hall–Kier alpha value is -7.03. The van der Waals surface area contributed by atoms with Crippen molar-refractivity contribution in [2.45, 2.75) is 25.9 Å². The quantitative estimate of drug-likeness (QED) is 0.156. The number of carboxylic acids is 1. The Kier molecular flexibility index (Phi) is 13.5. The van der Waals surface area contributed by atoms with E-state index >= 15 is 0 Å². The second-order valence-corrected chi connectivity index (χ2v) is 14.2. The second kappa shape index (κ2) is 19.2. The minimum atomic E-state index is -0.899. The van der Waals surface area contributed by atoms with Gasteiger partial charge in [-0.05, 0) is 85.1 Å². The van der Waals surface area contributed by atoms with E-state index in [4.69, 9.17) is 15.6 Å². The highest BCUT2D eigenvalue weighted by molar-refractivity contribution is 6.09. The highest BCUT2D eigenvalue weighted by atomic mass is 16.5. The molecule has 1 atom stereocenters. The predicted octanol–water partition coefficient (Wildman–Crippen LogP) is 10.5. The number of rotatable bonds is 7. The first-order valence-corrected chi connectivity index (χ1v) is 19.2. The van der Waals surface area contributed by atoms with Crippen LogP contribution in [0.1, 0.15) is 68.6 Å². The molecule has 2 heterocycles. The third-order valence-electron chi connectivity index (χ3n) is 9.87. The number of ketones is 1. The van der Waals surface area contributed by atoms with Crippen LogP contribution in [0.4, 0.5) is 16.2 Å². The van der Waals surface area contributed by atoms with E-state index in [0.717, 1.165) is 41.2 Å². The number of ether oxygens (including phenoxy) is 1. The van der Waals surface area contributed by atoms with Crippen LogP contribution in [-0.2, 0) is 11.4 Å². The number of benzene rings is 6. The molecule has 8 rings (SSSR count). The number of anilines is 2. The lowest BCUT2D eigenvalue weighted by atomic mass is 9.93. The Balaban J connectivity index is 0.000000147. The molecule has 0 spiro atoms. The number of para-hydroxylation sites is 3. The first-order valence-electron chi connectivity index (χ1n) is 19.2. The molecule has 0 bridgehead atoms. The number of aliphatic carboxylic acids is 1. The van der Waals surface area contributed by atoms with Gasteiger partial charge in [0.15, 0.2) is 5.78 Å². The molecule has 8 nitrogen and oxygen atoms in total. The topological polar surface area (TPSA) is 113 Å². The molecule has 0 aromatic heterocycles. The lowest BCUT2D eigenvalue weighted by Gasteiger charge is -2.22. The number of carbonyl (C=O) groups excluding carboxylic acids is 2. The van der Waals surface area contributed by atoms with Crippen LogP contribution in [0.3, 0.4) is 0 Å². The zero-order valence-corrected chi connectivity index (χ0v) is 32.9. The van der Waals surface area contributed by atoms with Crippen molar-refractivity contribution in [2.75, 3.05) is 25.5 Å². The lowest BCUT2D eigenvalue weighted by Crippen LogP contribution is -2.32. The zero-order chi connectivity index (χ0) is 41.0. The summed E-state index contributed by atoms with van der Waals surface area (Å²) in [7, 11) is 4.22. The number of carbonyl (C=O) groups is 3.